The second kappa shape index (κ2) is 18.4. The molecule has 2 aliphatic rings. The number of nitrogens with zero attached hydrogens (tertiary/aromatic N) is 2. The lowest BCUT2D eigenvalue weighted by molar-refractivity contribution is -0.154. The van der Waals surface area contributed by atoms with Crippen molar-refractivity contribution >= 4 is 17.7 Å². The van der Waals surface area contributed by atoms with Gasteiger partial charge in [0.05, 0.1) is 25.0 Å². The Bertz CT molecular complexity index is 1020. The maximum Gasteiger partial charge on any atom is 0.351 e. The third kappa shape index (κ3) is 10.1. The number of carbonyl (C=O) groups excluding carboxylic acids is 2. The predicted octanol–water partition coefficient (Wildman–Crippen LogP) is 3.84. The van der Waals surface area contributed by atoms with Gasteiger partial charge in [0.1, 0.15) is 24.1 Å². The molecule has 1 aromatic heterocycles. The highest BCUT2D eigenvalue weighted by Crippen LogP contribution is 2.32. The first kappa shape index (κ1) is 34.2. The second-order valence-electron chi connectivity index (χ2n) is 11.8. The van der Waals surface area contributed by atoms with Crippen molar-refractivity contribution in [3.63, 3.8) is 0 Å². The molecule has 11 nitrogen and oxygen atoms in total. The molecule has 238 valence electrons. The van der Waals surface area contributed by atoms with Crippen LogP contribution in [0.25, 0.3) is 0 Å². The largest absolute Gasteiger partial charge is 0.465 e. The van der Waals surface area contributed by atoms with Crippen LogP contribution in [0.2, 0.25) is 0 Å². The molecule has 1 saturated heterocycles. The van der Waals surface area contributed by atoms with E-state index in [1.807, 2.05) is 0 Å². The van der Waals surface area contributed by atoms with Crippen LogP contribution in [0.3, 0.4) is 0 Å². The van der Waals surface area contributed by atoms with Gasteiger partial charge in [0.25, 0.3) is 0 Å². The summed E-state index contributed by atoms with van der Waals surface area (Å²) in [4.78, 5) is 42.5. The van der Waals surface area contributed by atoms with Gasteiger partial charge in [-0.05, 0) is 25.3 Å². The molecule has 0 spiro atoms. The molecule has 4 N–H and O–H groups in total. The van der Waals surface area contributed by atoms with Gasteiger partial charge in [-0.1, -0.05) is 90.4 Å². The maximum atomic E-state index is 13.1. The van der Waals surface area contributed by atoms with Gasteiger partial charge in [-0.15, -0.1) is 0 Å². The van der Waals surface area contributed by atoms with Crippen LogP contribution < -0.4 is 11.0 Å². The zero-order valence-electron chi connectivity index (χ0n) is 25.1. The number of aliphatic hydroxyl groups is 3. The van der Waals surface area contributed by atoms with Gasteiger partial charge in [0.15, 0.2) is 6.23 Å². The number of amides is 1. The fraction of sp³-hybridized carbons (Fsp3) is 0.806. The predicted molar refractivity (Wildman–Crippen MR) is 158 cm³/mol. The van der Waals surface area contributed by atoms with Gasteiger partial charge in [0, 0.05) is 6.20 Å². The molecule has 6 atom stereocenters. The molecule has 1 saturated carbocycles. The van der Waals surface area contributed by atoms with Crippen molar-refractivity contribution in [2.24, 2.45) is 11.8 Å². The SMILES string of the molecule is CCCCCCCCCCCCCCOC(=O)C1CCCCC1C(=O)Nc1ccn([C@@H]2O[C@H](CO)[C@@H](O)[C@@H]2O)c(=O)n1. The first-order valence-electron chi connectivity index (χ1n) is 16.1. The van der Waals surface area contributed by atoms with Crippen LogP contribution in [0.1, 0.15) is 116 Å². The Hall–Kier alpha value is -2.34. The van der Waals surface area contributed by atoms with E-state index in [1.165, 1.54) is 70.1 Å². The van der Waals surface area contributed by atoms with Crippen molar-refractivity contribution in [2.75, 3.05) is 18.5 Å². The average molecular weight is 594 g/mol. The Balaban J connectivity index is 1.38. The van der Waals surface area contributed by atoms with E-state index < -0.39 is 48.7 Å². The van der Waals surface area contributed by atoms with Crippen LogP contribution in [0.4, 0.5) is 5.82 Å². The number of hydrogen-bond donors (Lipinski definition) is 4. The van der Waals surface area contributed by atoms with Gasteiger partial charge in [0.2, 0.25) is 5.91 Å². The van der Waals surface area contributed by atoms with Gasteiger partial charge in [-0.3, -0.25) is 14.2 Å². The summed E-state index contributed by atoms with van der Waals surface area (Å²) in [6.07, 6.45) is 13.8. The highest BCUT2D eigenvalue weighted by Gasteiger charge is 2.44. The normalized spacial score (nSPS) is 25.8. The first-order valence-corrected chi connectivity index (χ1v) is 16.1. The van der Waals surface area contributed by atoms with Gasteiger partial charge >= 0.3 is 11.7 Å². The molecule has 11 heteroatoms. The van der Waals surface area contributed by atoms with Crippen molar-refractivity contribution in [1.29, 1.82) is 0 Å². The zero-order valence-corrected chi connectivity index (χ0v) is 25.1. The number of esters is 1. The summed E-state index contributed by atoms with van der Waals surface area (Å²) >= 11 is 0. The lowest BCUT2D eigenvalue weighted by atomic mass is 9.78. The topological polar surface area (TPSA) is 160 Å². The minimum absolute atomic E-state index is 0.0159. The summed E-state index contributed by atoms with van der Waals surface area (Å²) < 4.78 is 11.9. The van der Waals surface area contributed by atoms with Crippen molar-refractivity contribution in [3.8, 4) is 0 Å². The second-order valence-corrected chi connectivity index (χ2v) is 11.8. The monoisotopic (exact) mass is 593 g/mol. The molecule has 0 radical (unpaired) electrons. The van der Waals surface area contributed by atoms with E-state index >= 15 is 0 Å². The van der Waals surface area contributed by atoms with E-state index in [0.29, 0.717) is 19.4 Å². The highest BCUT2D eigenvalue weighted by molar-refractivity contribution is 5.94. The van der Waals surface area contributed by atoms with Crippen molar-refractivity contribution in [2.45, 2.75) is 134 Å². The van der Waals surface area contributed by atoms with E-state index in [-0.39, 0.29) is 17.7 Å². The average Bonchev–Trinajstić information content (AvgIpc) is 3.28. The number of ether oxygens (including phenoxy) is 2. The standard InChI is InChI=1S/C31H51N3O8/c1-2-3-4-5-6-7-8-9-10-11-12-15-20-41-30(39)23-17-14-13-16-22(23)28(38)32-25-18-19-34(31(40)33-25)29-27(37)26(36)24(21-35)42-29/h18-19,22-24,26-27,29,35-37H,2-17,20-21H2,1H3,(H,32,33,38,40)/t22?,23?,24-,26-,27+,29-/m1/s1. The molecular formula is C31H51N3O8. The Morgan fingerprint density at radius 1 is 0.952 bits per heavy atom. The number of aliphatic hydroxyl groups excluding tert-OH is 3. The molecule has 3 rings (SSSR count). The molecular weight excluding hydrogens is 542 g/mol. The molecule has 1 amide bonds. The molecule has 0 bridgehead atoms. The lowest BCUT2D eigenvalue weighted by Crippen LogP contribution is -2.38. The Kier molecular flexibility index (Phi) is 14.9. The molecule has 0 aromatic carbocycles. The summed E-state index contributed by atoms with van der Waals surface area (Å²) in [5.41, 5.74) is -0.801. The van der Waals surface area contributed by atoms with Crippen molar-refractivity contribution in [3.05, 3.63) is 22.7 Å². The molecule has 1 aliphatic carbocycles. The van der Waals surface area contributed by atoms with E-state index in [1.54, 1.807) is 0 Å². The van der Waals surface area contributed by atoms with E-state index in [0.717, 1.165) is 36.7 Å². The molecule has 2 fully saturated rings. The maximum absolute atomic E-state index is 13.1. The number of aromatic nitrogens is 2. The van der Waals surface area contributed by atoms with E-state index in [4.69, 9.17) is 9.47 Å². The summed E-state index contributed by atoms with van der Waals surface area (Å²) in [7, 11) is 0. The summed E-state index contributed by atoms with van der Waals surface area (Å²) in [5, 5.41) is 32.1. The Morgan fingerprint density at radius 2 is 1.55 bits per heavy atom. The molecule has 2 heterocycles. The first-order chi connectivity index (χ1) is 20.4. The van der Waals surface area contributed by atoms with Crippen LogP contribution in [0.5, 0.6) is 0 Å². The number of nitrogens with one attached hydrogen (secondary N) is 1. The number of rotatable bonds is 18. The highest BCUT2D eigenvalue weighted by atomic mass is 16.6. The number of unbranched alkanes of at least 4 members (excludes halogenated alkanes) is 11. The van der Waals surface area contributed by atoms with Crippen LogP contribution >= 0.6 is 0 Å². The number of carbonyl (C=O) groups is 2. The zero-order chi connectivity index (χ0) is 30.3. The fourth-order valence-corrected chi connectivity index (χ4v) is 5.95. The van der Waals surface area contributed by atoms with Gasteiger partial charge in [-0.2, -0.15) is 4.98 Å². The fourth-order valence-electron chi connectivity index (χ4n) is 5.95. The van der Waals surface area contributed by atoms with E-state index in [9.17, 15) is 29.7 Å². The van der Waals surface area contributed by atoms with Crippen molar-refractivity contribution in [1.82, 2.24) is 9.55 Å². The van der Waals surface area contributed by atoms with Crippen LogP contribution in [-0.4, -0.2) is 68.3 Å². The molecule has 1 aliphatic heterocycles. The van der Waals surface area contributed by atoms with E-state index in [2.05, 4.69) is 17.2 Å². The minimum atomic E-state index is -1.42. The summed E-state index contributed by atoms with van der Waals surface area (Å²) in [6, 6.07) is 1.39. The summed E-state index contributed by atoms with van der Waals surface area (Å²) in [6.45, 7) is 2.08. The lowest BCUT2D eigenvalue weighted by Gasteiger charge is -2.28. The number of anilines is 1. The molecule has 42 heavy (non-hydrogen) atoms. The van der Waals surface area contributed by atoms with Crippen LogP contribution in [-0.2, 0) is 19.1 Å². The molecule has 1 aromatic rings. The Morgan fingerprint density at radius 3 is 2.12 bits per heavy atom. The van der Waals surface area contributed by atoms with Crippen LogP contribution in [0, 0.1) is 11.8 Å². The third-order valence-electron chi connectivity index (χ3n) is 8.52. The molecule has 2 unspecified atom stereocenters. The smallest absolute Gasteiger partial charge is 0.351 e. The quantitative estimate of drug-likeness (QED) is 0.146. The van der Waals surface area contributed by atoms with Gasteiger partial charge in [-0.25, -0.2) is 4.79 Å². The van der Waals surface area contributed by atoms with Gasteiger partial charge < -0.3 is 30.1 Å². The Labute approximate surface area is 249 Å². The van der Waals surface area contributed by atoms with Crippen molar-refractivity contribution < 1.29 is 34.4 Å². The third-order valence-corrected chi connectivity index (χ3v) is 8.52. The number of hydrogen-bond acceptors (Lipinski definition) is 9. The minimum Gasteiger partial charge on any atom is -0.465 e. The van der Waals surface area contributed by atoms with Crippen LogP contribution in [0.15, 0.2) is 17.1 Å². The summed E-state index contributed by atoms with van der Waals surface area (Å²) in [5.74, 6) is -1.82.